The lowest BCUT2D eigenvalue weighted by Crippen LogP contribution is -2.35. The van der Waals surface area contributed by atoms with E-state index >= 15 is 0 Å². The number of anilines is 2. The van der Waals surface area contributed by atoms with E-state index in [-0.39, 0.29) is 23.6 Å². The lowest BCUT2D eigenvalue weighted by molar-refractivity contribution is 0.0740. The Balaban J connectivity index is 2.20. The molecule has 1 saturated carbocycles. The fourth-order valence-corrected chi connectivity index (χ4v) is 2.79. The Morgan fingerprint density at radius 2 is 2.17 bits per heavy atom. The highest BCUT2D eigenvalue weighted by molar-refractivity contribution is 5.98. The molecule has 128 valence electrons. The summed E-state index contributed by atoms with van der Waals surface area (Å²) in [6, 6.07) is 1.61. The number of nitrogens with one attached hydrogen (secondary N) is 2. The van der Waals surface area contributed by atoms with Crippen molar-refractivity contribution in [2.24, 2.45) is 11.7 Å². The van der Waals surface area contributed by atoms with E-state index in [1.54, 1.807) is 6.07 Å². The van der Waals surface area contributed by atoms with Crippen LogP contribution in [0.25, 0.3) is 0 Å². The summed E-state index contributed by atoms with van der Waals surface area (Å²) in [6.45, 7) is 4.78. The minimum atomic E-state index is -1.63. The Kier molecular flexibility index (Phi) is 5.09. The third-order valence-corrected chi connectivity index (χ3v) is 4.11. The summed E-state index contributed by atoms with van der Waals surface area (Å²) in [6.07, 6.45) is 3.34. The average molecular weight is 324 g/mol. The largest absolute Gasteiger partial charge is 0.393 e. The van der Waals surface area contributed by atoms with Crippen molar-refractivity contribution in [3.63, 3.8) is 0 Å². The molecule has 6 nitrogen and oxygen atoms in total. The smallest absolute Gasteiger partial charge is 0.252 e. The fraction of sp³-hybridized carbons (Fsp3) is 0.625. The predicted octanol–water partition coefficient (Wildman–Crippen LogP) is 2.26. The molecule has 1 aliphatic rings. The molecule has 7 heteroatoms. The molecule has 1 aromatic heterocycles. The van der Waals surface area contributed by atoms with Gasteiger partial charge in [0.15, 0.2) is 5.79 Å². The number of primary amides is 1. The van der Waals surface area contributed by atoms with E-state index in [2.05, 4.69) is 15.6 Å². The van der Waals surface area contributed by atoms with Crippen molar-refractivity contribution < 1.29 is 14.3 Å². The first-order chi connectivity index (χ1) is 10.7. The average Bonchev–Trinajstić information content (AvgIpc) is 2.41. The zero-order valence-electron chi connectivity index (χ0n) is 13.8. The van der Waals surface area contributed by atoms with E-state index in [1.165, 1.54) is 20.0 Å². The van der Waals surface area contributed by atoms with Gasteiger partial charge in [-0.1, -0.05) is 6.92 Å². The summed E-state index contributed by atoms with van der Waals surface area (Å²) in [5.74, 6) is -1.65. The van der Waals surface area contributed by atoms with Crippen LogP contribution in [0, 0.1) is 5.92 Å². The van der Waals surface area contributed by atoms with Gasteiger partial charge in [-0.05, 0) is 39.0 Å². The van der Waals surface area contributed by atoms with Crippen LogP contribution in [0.1, 0.15) is 50.4 Å². The minimum Gasteiger partial charge on any atom is -0.393 e. The third kappa shape index (κ3) is 4.79. The molecule has 5 N–H and O–H groups in total. The predicted molar refractivity (Wildman–Crippen MR) is 88.0 cm³/mol. The first-order valence-corrected chi connectivity index (χ1v) is 7.87. The quantitative estimate of drug-likeness (QED) is 0.623. The zero-order valence-corrected chi connectivity index (χ0v) is 13.8. The number of alkyl halides is 1. The number of hydrogen-bond donors (Lipinski definition) is 4. The van der Waals surface area contributed by atoms with E-state index in [9.17, 15) is 14.3 Å². The highest BCUT2D eigenvalue weighted by Gasteiger charge is 2.27. The van der Waals surface area contributed by atoms with Gasteiger partial charge in [-0.25, -0.2) is 9.37 Å². The van der Waals surface area contributed by atoms with Crippen LogP contribution in [-0.4, -0.2) is 33.9 Å². The topological polar surface area (TPSA) is 100 Å². The molecule has 1 fully saturated rings. The normalized spacial score (nSPS) is 25.0. The van der Waals surface area contributed by atoms with Crippen LogP contribution in [-0.2, 0) is 0 Å². The highest BCUT2D eigenvalue weighted by atomic mass is 19.1. The maximum absolute atomic E-state index is 13.7. The van der Waals surface area contributed by atoms with Crippen LogP contribution in [0.3, 0.4) is 0 Å². The number of halogens is 1. The van der Waals surface area contributed by atoms with Gasteiger partial charge >= 0.3 is 0 Å². The molecule has 1 amide bonds. The van der Waals surface area contributed by atoms with Gasteiger partial charge < -0.3 is 21.5 Å². The molecular weight excluding hydrogens is 299 g/mol. The molecule has 0 unspecified atom stereocenters. The van der Waals surface area contributed by atoms with Crippen molar-refractivity contribution >= 4 is 17.4 Å². The summed E-state index contributed by atoms with van der Waals surface area (Å²) in [7, 11) is 0. The van der Waals surface area contributed by atoms with Crippen molar-refractivity contribution in [1.82, 2.24) is 4.98 Å². The lowest BCUT2D eigenvalue weighted by Gasteiger charge is -2.32. The van der Waals surface area contributed by atoms with E-state index in [4.69, 9.17) is 5.73 Å². The van der Waals surface area contributed by atoms with Gasteiger partial charge in [0.2, 0.25) is 0 Å². The number of carbonyl (C=O) groups is 1. The molecule has 1 aromatic rings. The highest BCUT2D eigenvalue weighted by Crippen LogP contribution is 2.29. The summed E-state index contributed by atoms with van der Waals surface area (Å²) in [5, 5.41) is 15.9. The monoisotopic (exact) mass is 324 g/mol. The van der Waals surface area contributed by atoms with Crippen molar-refractivity contribution in [1.29, 1.82) is 0 Å². The number of pyridine rings is 1. The molecule has 0 saturated heterocycles. The Hall–Kier alpha value is -1.89. The molecule has 23 heavy (non-hydrogen) atoms. The molecule has 0 aliphatic heterocycles. The SMILES string of the molecule is C[C@@H]1CC[C@@H](Nc2cc(NC(C)(C)F)ncc2C(N)=O)C[C@H]1O. The van der Waals surface area contributed by atoms with Crippen molar-refractivity contribution in [2.75, 3.05) is 10.6 Å². The van der Waals surface area contributed by atoms with E-state index in [0.29, 0.717) is 17.9 Å². The Morgan fingerprint density at radius 3 is 2.74 bits per heavy atom. The summed E-state index contributed by atoms with van der Waals surface area (Å²) in [5.41, 5.74) is 6.14. The van der Waals surface area contributed by atoms with Gasteiger partial charge in [0.05, 0.1) is 17.4 Å². The maximum atomic E-state index is 13.7. The summed E-state index contributed by atoms with van der Waals surface area (Å²) < 4.78 is 13.7. The molecule has 0 radical (unpaired) electrons. The van der Waals surface area contributed by atoms with Gasteiger partial charge in [0.1, 0.15) is 5.82 Å². The number of aromatic nitrogens is 1. The van der Waals surface area contributed by atoms with Gasteiger partial charge in [-0.3, -0.25) is 4.79 Å². The van der Waals surface area contributed by atoms with Crippen LogP contribution in [0.2, 0.25) is 0 Å². The Labute approximate surface area is 135 Å². The maximum Gasteiger partial charge on any atom is 0.252 e. The molecule has 1 heterocycles. The van der Waals surface area contributed by atoms with Crippen LogP contribution in [0.4, 0.5) is 15.9 Å². The molecular formula is C16H25FN4O2. The van der Waals surface area contributed by atoms with E-state index < -0.39 is 11.7 Å². The van der Waals surface area contributed by atoms with Crippen LogP contribution in [0.15, 0.2) is 12.3 Å². The molecule has 1 aliphatic carbocycles. The third-order valence-electron chi connectivity index (χ3n) is 4.11. The van der Waals surface area contributed by atoms with E-state index in [1.807, 2.05) is 6.92 Å². The molecule has 2 rings (SSSR count). The standard InChI is InChI=1S/C16H25FN4O2/c1-9-4-5-10(6-13(9)22)20-12-7-14(21-16(2,3)17)19-8-11(12)15(18)23/h7-10,13,22H,4-6H2,1-3H3,(H2,18,23)(H2,19,20,21)/t9-,10-,13-/m1/s1. The van der Waals surface area contributed by atoms with Gasteiger partial charge in [-0.15, -0.1) is 0 Å². The van der Waals surface area contributed by atoms with Crippen molar-refractivity contribution in [3.05, 3.63) is 17.8 Å². The Morgan fingerprint density at radius 1 is 1.48 bits per heavy atom. The van der Waals surface area contributed by atoms with Crippen molar-refractivity contribution in [3.8, 4) is 0 Å². The molecule has 0 spiro atoms. The number of amides is 1. The molecule has 0 bridgehead atoms. The zero-order chi connectivity index (χ0) is 17.2. The van der Waals surface area contributed by atoms with Gasteiger partial charge in [0, 0.05) is 18.3 Å². The van der Waals surface area contributed by atoms with Crippen LogP contribution >= 0.6 is 0 Å². The van der Waals surface area contributed by atoms with E-state index in [0.717, 1.165) is 12.8 Å². The van der Waals surface area contributed by atoms with Crippen molar-refractivity contribution in [2.45, 2.75) is 58.0 Å². The minimum absolute atomic E-state index is 0.0351. The lowest BCUT2D eigenvalue weighted by atomic mass is 9.84. The van der Waals surface area contributed by atoms with Crippen LogP contribution < -0.4 is 16.4 Å². The number of aliphatic hydroxyl groups excluding tert-OH is 1. The second-order valence-corrected chi connectivity index (χ2v) is 6.78. The number of nitrogens with two attached hydrogens (primary N) is 1. The number of rotatable bonds is 5. The summed E-state index contributed by atoms with van der Waals surface area (Å²) in [4.78, 5) is 15.6. The first kappa shape index (κ1) is 17.5. The number of carbonyl (C=O) groups excluding carboxylic acids is 1. The number of nitrogens with zero attached hydrogens (tertiary/aromatic N) is 1. The fourth-order valence-electron chi connectivity index (χ4n) is 2.79. The van der Waals surface area contributed by atoms with Gasteiger partial charge in [0.25, 0.3) is 5.91 Å². The summed E-state index contributed by atoms with van der Waals surface area (Å²) >= 11 is 0. The first-order valence-electron chi connectivity index (χ1n) is 7.87. The van der Waals surface area contributed by atoms with Crippen LogP contribution in [0.5, 0.6) is 0 Å². The number of hydrogen-bond acceptors (Lipinski definition) is 5. The molecule has 3 atom stereocenters. The molecule has 0 aromatic carbocycles. The second-order valence-electron chi connectivity index (χ2n) is 6.78. The number of aliphatic hydroxyl groups is 1. The Bertz CT molecular complexity index is 574. The van der Waals surface area contributed by atoms with Gasteiger partial charge in [-0.2, -0.15) is 0 Å². The second kappa shape index (κ2) is 6.70.